The van der Waals surface area contributed by atoms with Crippen molar-refractivity contribution < 1.29 is 14.4 Å². The number of benzene rings is 1. The number of hydrogen-bond donors (Lipinski definition) is 0. The molecule has 2 amide bonds. The number of rotatable bonds is 3. The van der Waals surface area contributed by atoms with Crippen LogP contribution in [0, 0.1) is 0 Å². The number of halogens is 1. The molecule has 1 heterocycles. The standard InChI is InChI=1S/C14H15BrN2O3/c1-8(2)16(3)11(18)7-17-12-9(13(19)14(17)20)5-4-6-10(12)15/h4-6,8H,7H2,1-3H3. The van der Waals surface area contributed by atoms with E-state index in [1.807, 2.05) is 13.8 Å². The molecular formula is C14H15BrN2O3. The first-order valence-corrected chi connectivity index (χ1v) is 7.04. The number of amides is 2. The van der Waals surface area contributed by atoms with Gasteiger partial charge in [-0.3, -0.25) is 19.3 Å². The molecule has 0 unspecified atom stereocenters. The highest BCUT2D eigenvalue weighted by Gasteiger charge is 2.38. The molecule has 0 saturated carbocycles. The summed E-state index contributed by atoms with van der Waals surface area (Å²) in [6, 6.07) is 5.07. The van der Waals surface area contributed by atoms with Gasteiger partial charge in [-0.05, 0) is 41.9 Å². The summed E-state index contributed by atoms with van der Waals surface area (Å²) in [6.07, 6.45) is 0. The quantitative estimate of drug-likeness (QED) is 0.790. The van der Waals surface area contributed by atoms with Crippen molar-refractivity contribution in [2.24, 2.45) is 0 Å². The lowest BCUT2D eigenvalue weighted by atomic mass is 10.1. The summed E-state index contributed by atoms with van der Waals surface area (Å²) in [7, 11) is 1.68. The molecule has 0 aromatic heterocycles. The maximum atomic E-state index is 12.1. The van der Waals surface area contributed by atoms with Gasteiger partial charge in [0.15, 0.2) is 0 Å². The van der Waals surface area contributed by atoms with Crippen molar-refractivity contribution >= 4 is 39.2 Å². The first-order valence-electron chi connectivity index (χ1n) is 6.25. The molecule has 2 rings (SSSR count). The third kappa shape index (κ3) is 2.35. The van der Waals surface area contributed by atoms with Crippen molar-refractivity contribution in [3.63, 3.8) is 0 Å². The number of Topliss-reactive ketones (excluding diaryl/α,β-unsaturated/α-hetero) is 1. The minimum atomic E-state index is -0.655. The first kappa shape index (κ1) is 14.7. The molecule has 1 aromatic carbocycles. The van der Waals surface area contributed by atoms with Gasteiger partial charge in [-0.15, -0.1) is 0 Å². The molecule has 0 N–H and O–H groups in total. The highest BCUT2D eigenvalue weighted by molar-refractivity contribution is 9.10. The zero-order valence-electron chi connectivity index (χ0n) is 11.5. The lowest BCUT2D eigenvalue weighted by Crippen LogP contribution is -2.43. The van der Waals surface area contributed by atoms with Gasteiger partial charge in [0.1, 0.15) is 6.54 Å². The molecule has 0 aliphatic carbocycles. The topological polar surface area (TPSA) is 57.7 Å². The largest absolute Gasteiger partial charge is 0.342 e. The van der Waals surface area contributed by atoms with E-state index in [1.165, 1.54) is 4.90 Å². The summed E-state index contributed by atoms with van der Waals surface area (Å²) in [5, 5.41) is 0. The molecule has 1 aliphatic heterocycles. The Kier molecular flexibility index (Phi) is 3.94. The number of carbonyl (C=O) groups excluding carboxylic acids is 3. The summed E-state index contributed by atoms with van der Waals surface area (Å²) in [5.41, 5.74) is 0.817. The number of ketones is 1. The van der Waals surface area contributed by atoms with Gasteiger partial charge in [0, 0.05) is 17.6 Å². The smallest absolute Gasteiger partial charge is 0.299 e. The molecule has 106 valence electrons. The Labute approximate surface area is 125 Å². The Balaban J connectivity index is 2.33. The van der Waals surface area contributed by atoms with Crippen molar-refractivity contribution in [1.29, 1.82) is 0 Å². The molecule has 1 aromatic rings. The molecule has 0 radical (unpaired) electrons. The summed E-state index contributed by atoms with van der Waals surface area (Å²) >= 11 is 3.33. The van der Waals surface area contributed by atoms with Crippen LogP contribution in [-0.2, 0) is 9.59 Å². The summed E-state index contributed by atoms with van der Waals surface area (Å²) in [6.45, 7) is 3.65. The third-order valence-electron chi connectivity index (χ3n) is 3.40. The van der Waals surface area contributed by atoms with E-state index in [1.54, 1.807) is 30.1 Å². The van der Waals surface area contributed by atoms with Gasteiger partial charge in [-0.2, -0.15) is 0 Å². The molecule has 0 atom stereocenters. The second kappa shape index (κ2) is 5.36. The van der Waals surface area contributed by atoms with E-state index in [4.69, 9.17) is 0 Å². The van der Waals surface area contributed by atoms with E-state index in [2.05, 4.69) is 15.9 Å². The predicted octanol–water partition coefficient (Wildman–Crippen LogP) is 1.85. The van der Waals surface area contributed by atoms with Crippen molar-refractivity contribution in [2.75, 3.05) is 18.5 Å². The van der Waals surface area contributed by atoms with Crippen LogP contribution in [0.3, 0.4) is 0 Å². The molecule has 1 aliphatic rings. The average Bonchev–Trinajstić information content (AvgIpc) is 2.64. The second-order valence-electron chi connectivity index (χ2n) is 4.95. The number of fused-ring (bicyclic) bond motifs is 1. The SMILES string of the molecule is CC(C)N(C)C(=O)CN1C(=O)C(=O)c2cccc(Br)c21. The van der Waals surface area contributed by atoms with Gasteiger partial charge in [-0.25, -0.2) is 0 Å². The van der Waals surface area contributed by atoms with Crippen LogP contribution in [0.5, 0.6) is 0 Å². The van der Waals surface area contributed by atoms with Gasteiger partial charge in [0.2, 0.25) is 5.91 Å². The fourth-order valence-electron chi connectivity index (χ4n) is 2.00. The Morgan fingerprint density at radius 1 is 1.35 bits per heavy atom. The van der Waals surface area contributed by atoms with Crippen LogP contribution in [0.4, 0.5) is 5.69 Å². The number of para-hydroxylation sites is 1. The van der Waals surface area contributed by atoms with Crippen LogP contribution in [0.15, 0.2) is 22.7 Å². The van der Waals surface area contributed by atoms with Gasteiger partial charge in [0.05, 0.1) is 11.3 Å². The highest BCUT2D eigenvalue weighted by atomic mass is 79.9. The molecule has 0 spiro atoms. The van der Waals surface area contributed by atoms with Crippen LogP contribution in [0.1, 0.15) is 24.2 Å². The maximum Gasteiger partial charge on any atom is 0.299 e. The van der Waals surface area contributed by atoms with E-state index in [9.17, 15) is 14.4 Å². The van der Waals surface area contributed by atoms with Crippen molar-refractivity contribution in [3.8, 4) is 0 Å². The fourth-order valence-corrected chi connectivity index (χ4v) is 2.58. The summed E-state index contributed by atoms with van der Waals surface area (Å²) < 4.78 is 0.634. The fraction of sp³-hybridized carbons (Fsp3) is 0.357. The van der Waals surface area contributed by atoms with E-state index in [-0.39, 0.29) is 18.5 Å². The summed E-state index contributed by atoms with van der Waals surface area (Å²) in [4.78, 5) is 38.8. The van der Waals surface area contributed by atoms with Crippen LogP contribution in [0.2, 0.25) is 0 Å². The van der Waals surface area contributed by atoms with Crippen molar-refractivity contribution in [2.45, 2.75) is 19.9 Å². The van der Waals surface area contributed by atoms with Crippen molar-refractivity contribution in [1.82, 2.24) is 4.90 Å². The molecule has 0 fully saturated rings. The Bertz CT molecular complexity index is 598. The number of likely N-dealkylation sites (N-methyl/N-ethyl adjacent to an activating group) is 1. The second-order valence-corrected chi connectivity index (χ2v) is 5.81. The van der Waals surface area contributed by atoms with E-state index >= 15 is 0 Å². The van der Waals surface area contributed by atoms with Crippen molar-refractivity contribution in [3.05, 3.63) is 28.2 Å². The Morgan fingerprint density at radius 2 is 2.00 bits per heavy atom. The van der Waals surface area contributed by atoms with E-state index < -0.39 is 11.7 Å². The zero-order chi connectivity index (χ0) is 15.0. The Hall–Kier alpha value is -1.69. The first-order chi connectivity index (χ1) is 9.34. The maximum absolute atomic E-state index is 12.1. The predicted molar refractivity (Wildman–Crippen MR) is 78.7 cm³/mol. The van der Waals surface area contributed by atoms with Crippen LogP contribution in [-0.4, -0.2) is 42.1 Å². The van der Waals surface area contributed by atoms with E-state index in [0.717, 1.165) is 0 Å². The number of nitrogens with zero attached hydrogens (tertiary/aromatic N) is 2. The zero-order valence-corrected chi connectivity index (χ0v) is 13.1. The molecule has 20 heavy (non-hydrogen) atoms. The van der Waals surface area contributed by atoms with Crippen LogP contribution in [0.25, 0.3) is 0 Å². The monoisotopic (exact) mass is 338 g/mol. The van der Waals surface area contributed by atoms with Crippen LogP contribution >= 0.6 is 15.9 Å². The normalized spacial score (nSPS) is 13.9. The molecule has 5 nitrogen and oxygen atoms in total. The average molecular weight is 339 g/mol. The number of carbonyl (C=O) groups is 3. The number of hydrogen-bond acceptors (Lipinski definition) is 3. The lowest BCUT2D eigenvalue weighted by Gasteiger charge is -2.25. The number of anilines is 1. The minimum absolute atomic E-state index is 0.0367. The molecule has 6 heteroatoms. The molecule has 0 saturated heterocycles. The van der Waals surface area contributed by atoms with Crippen LogP contribution < -0.4 is 4.90 Å². The van der Waals surface area contributed by atoms with Gasteiger partial charge in [-0.1, -0.05) is 6.07 Å². The highest BCUT2D eigenvalue weighted by Crippen LogP contribution is 2.35. The lowest BCUT2D eigenvalue weighted by molar-refractivity contribution is -0.131. The molecule has 0 bridgehead atoms. The third-order valence-corrected chi connectivity index (χ3v) is 4.04. The Morgan fingerprint density at radius 3 is 2.60 bits per heavy atom. The summed E-state index contributed by atoms with van der Waals surface area (Å²) in [5.74, 6) is -1.43. The van der Waals surface area contributed by atoms with Gasteiger partial charge in [0.25, 0.3) is 11.7 Å². The van der Waals surface area contributed by atoms with Gasteiger partial charge < -0.3 is 4.90 Å². The minimum Gasteiger partial charge on any atom is -0.342 e. The van der Waals surface area contributed by atoms with Gasteiger partial charge >= 0.3 is 0 Å². The molecular weight excluding hydrogens is 324 g/mol. The van der Waals surface area contributed by atoms with E-state index in [0.29, 0.717) is 15.7 Å².